The summed E-state index contributed by atoms with van der Waals surface area (Å²) in [6.45, 7) is 1.64. The first kappa shape index (κ1) is 14.8. The summed E-state index contributed by atoms with van der Waals surface area (Å²) in [4.78, 5) is 21.5. The summed E-state index contributed by atoms with van der Waals surface area (Å²) in [5.41, 5.74) is 0.916. The van der Waals surface area contributed by atoms with E-state index in [4.69, 9.17) is 4.74 Å². The molecular formula is C15H17N3O3. The number of hydrogen-bond acceptors (Lipinski definition) is 6. The molecule has 1 heterocycles. The minimum absolute atomic E-state index is 0.408. The van der Waals surface area contributed by atoms with E-state index in [9.17, 15) is 4.79 Å². The lowest BCUT2D eigenvalue weighted by atomic mass is 10.3. The zero-order chi connectivity index (χ0) is 15.2. The summed E-state index contributed by atoms with van der Waals surface area (Å²) in [5.74, 6) is 0.794. The van der Waals surface area contributed by atoms with Crippen molar-refractivity contribution in [1.82, 2.24) is 9.97 Å². The van der Waals surface area contributed by atoms with Gasteiger partial charge in [0.2, 0.25) is 5.95 Å². The van der Waals surface area contributed by atoms with Crippen molar-refractivity contribution >= 4 is 17.6 Å². The van der Waals surface area contributed by atoms with E-state index in [1.54, 1.807) is 37.5 Å². The molecule has 2 aromatic rings. The second kappa shape index (κ2) is 6.69. The van der Waals surface area contributed by atoms with Crippen LogP contribution in [-0.2, 0) is 9.53 Å². The minimum atomic E-state index is -0.643. The van der Waals surface area contributed by atoms with Gasteiger partial charge in [-0.05, 0) is 37.3 Å². The molecule has 6 heteroatoms. The zero-order valence-electron chi connectivity index (χ0n) is 12.2. The van der Waals surface area contributed by atoms with E-state index in [-0.39, 0.29) is 0 Å². The Kier molecular flexibility index (Phi) is 4.71. The lowest BCUT2D eigenvalue weighted by Gasteiger charge is -2.18. The second-order valence-electron chi connectivity index (χ2n) is 4.38. The number of benzene rings is 1. The first-order valence-electron chi connectivity index (χ1n) is 6.47. The highest BCUT2D eigenvalue weighted by molar-refractivity contribution is 5.74. The van der Waals surface area contributed by atoms with Crippen molar-refractivity contribution in [3.63, 3.8) is 0 Å². The lowest BCUT2D eigenvalue weighted by molar-refractivity contribution is -0.147. The number of methoxy groups -OCH3 is 1. The standard InChI is InChI=1S/C15H17N3O3/c1-11(14(19)20-3)21-13-7-5-12(6-8-13)18(2)15-16-9-4-10-17-15/h4-11H,1-3H3. The van der Waals surface area contributed by atoms with Crippen LogP contribution in [-0.4, -0.2) is 36.2 Å². The normalized spacial score (nSPS) is 11.6. The monoisotopic (exact) mass is 287 g/mol. The molecule has 0 spiro atoms. The molecule has 2 rings (SSSR count). The summed E-state index contributed by atoms with van der Waals surface area (Å²) >= 11 is 0. The molecular weight excluding hydrogens is 270 g/mol. The van der Waals surface area contributed by atoms with Gasteiger partial charge in [0.05, 0.1) is 7.11 Å². The molecule has 0 aliphatic rings. The minimum Gasteiger partial charge on any atom is -0.479 e. The quantitative estimate of drug-likeness (QED) is 0.785. The third-order valence-electron chi connectivity index (χ3n) is 2.92. The van der Waals surface area contributed by atoms with E-state index in [2.05, 4.69) is 14.7 Å². The highest BCUT2D eigenvalue weighted by atomic mass is 16.6. The summed E-state index contributed by atoms with van der Waals surface area (Å²) in [7, 11) is 3.21. The fourth-order valence-corrected chi connectivity index (χ4v) is 1.75. The third kappa shape index (κ3) is 3.68. The molecule has 110 valence electrons. The highest BCUT2D eigenvalue weighted by Crippen LogP contribution is 2.23. The van der Waals surface area contributed by atoms with Gasteiger partial charge in [0.15, 0.2) is 6.10 Å². The first-order valence-corrected chi connectivity index (χ1v) is 6.47. The number of anilines is 2. The van der Waals surface area contributed by atoms with Crippen LogP contribution in [0, 0.1) is 0 Å². The molecule has 1 atom stereocenters. The topological polar surface area (TPSA) is 64.6 Å². The molecule has 0 aliphatic carbocycles. The van der Waals surface area contributed by atoms with Crippen molar-refractivity contribution in [2.24, 2.45) is 0 Å². The number of carbonyl (C=O) groups is 1. The molecule has 0 N–H and O–H groups in total. The largest absolute Gasteiger partial charge is 0.479 e. The number of rotatable bonds is 5. The number of carbonyl (C=O) groups excluding carboxylic acids is 1. The predicted octanol–water partition coefficient (Wildman–Crippen LogP) is 2.18. The Bertz CT molecular complexity index is 587. The predicted molar refractivity (Wildman–Crippen MR) is 78.6 cm³/mol. The van der Waals surface area contributed by atoms with Gasteiger partial charge in [-0.25, -0.2) is 14.8 Å². The molecule has 1 unspecified atom stereocenters. The Hall–Kier alpha value is -2.63. The first-order chi connectivity index (χ1) is 10.1. The van der Waals surface area contributed by atoms with Crippen LogP contribution >= 0.6 is 0 Å². The van der Waals surface area contributed by atoms with Crippen LogP contribution in [0.4, 0.5) is 11.6 Å². The molecule has 0 aliphatic heterocycles. The molecule has 1 aromatic carbocycles. The zero-order valence-corrected chi connectivity index (χ0v) is 12.2. The van der Waals surface area contributed by atoms with Gasteiger partial charge in [-0.1, -0.05) is 0 Å². The second-order valence-corrected chi connectivity index (χ2v) is 4.38. The van der Waals surface area contributed by atoms with E-state index in [0.717, 1.165) is 5.69 Å². The van der Waals surface area contributed by atoms with Gasteiger partial charge in [-0.2, -0.15) is 0 Å². The molecule has 0 bridgehead atoms. The Labute approximate surface area is 123 Å². The molecule has 0 saturated heterocycles. The van der Waals surface area contributed by atoms with Crippen molar-refractivity contribution < 1.29 is 14.3 Å². The van der Waals surface area contributed by atoms with Gasteiger partial charge in [-0.15, -0.1) is 0 Å². The molecule has 0 saturated carbocycles. The number of hydrogen-bond donors (Lipinski definition) is 0. The Balaban J connectivity index is 2.07. The van der Waals surface area contributed by atoms with E-state index < -0.39 is 12.1 Å². The van der Waals surface area contributed by atoms with Crippen LogP contribution in [0.1, 0.15) is 6.92 Å². The molecule has 21 heavy (non-hydrogen) atoms. The van der Waals surface area contributed by atoms with E-state index in [0.29, 0.717) is 11.7 Å². The van der Waals surface area contributed by atoms with E-state index in [1.807, 2.05) is 24.1 Å². The lowest BCUT2D eigenvalue weighted by Crippen LogP contribution is -2.24. The van der Waals surface area contributed by atoms with Crippen molar-refractivity contribution in [2.45, 2.75) is 13.0 Å². The third-order valence-corrected chi connectivity index (χ3v) is 2.92. The van der Waals surface area contributed by atoms with E-state index in [1.165, 1.54) is 7.11 Å². The summed E-state index contributed by atoms with van der Waals surface area (Å²) in [6, 6.07) is 9.08. The van der Waals surface area contributed by atoms with Crippen molar-refractivity contribution in [3.05, 3.63) is 42.7 Å². The van der Waals surface area contributed by atoms with Gasteiger partial charge >= 0.3 is 5.97 Å². The maximum Gasteiger partial charge on any atom is 0.346 e. The van der Waals surface area contributed by atoms with E-state index >= 15 is 0 Å². The fourth-order valence-electron chi connectivity index (χ4n) is 1.75. The average Bonchev–Trinajstić information content (AvgIpc) is 2.55. The van der Waals surface area contributed by atoms with Crippen molar-refractivity contribution in [2.75, 3.05) is 19.1 Å². The number of nitrogens with zero attached hydrogens (tertiary/aromatic N) is 3. The maximum absolute atomic E-state index is 11.3. The number of esters is 1. The van der Waals surface area contributed by atoms with Crippen molar-refractivity contribution in [3.8, 4) is 5.75 Å². The summed E-state index contributed by atoms with van der Waals surface area (Å²) in [6.07, 6.45) is 2.74. The molecule has 6 nitrogen and oxygen atoms in total. The number of aromatic nitrogens is 2. The van der Waals surface area contributed by atoms with Gasteiger partial charge < -0.3 is 14.4 Å². The summed E-state index contributed by atoms with van der Waals surface area (Å²) < 4.78 is 10.1. The van der Waals surface area contributed by atoms with Crippen LogP contribution in [0.3, 0.4) is 0 Å². The Morgan fingerprint density at radius 1 is 1.19 bits per heavy atom. The highest BCUT2D eigenvalue weighted by Gasteiger charge is 2.14. The smallest absolute Gasteiger partial charge is 0.346 e. The van der Waals surface area contributed by atoms with Gasteiger partial charge in [0, 0.05) is 25.1 Å². The Morgan fingerprint density at radius 2 is 1.81 bits per heavy atom. The van der Waals surface area contributed by atoms with Crippen LogP contribution in [0.15, 0.2) is 42.7 Å². The van der Waals surface area contributed by atoms with Crippen molar-refractivity contribution in [1.29, 1.82) is 0 Å². The molecule has 0 fully saturated rings. The molecule has 1 aromatic heterocycles. The summed E-state index contributed by atoms with van der Waals surface area (Å²) in [5, 5.41) is 0. The maximum atomic E-state index is 11.3. The van der Waals surface area contributed by atoms with Crippen LogP contribution in [0.25, 0.3) is 0 Å². The van der Waals surface area contributed by atoms with Crippen LogP contribution < -0.4 is 9.64 Å². The average molecular weight is 287 g/mol. The van der Waals surface area contributed by atoms with Gasteiger partial charge in [-0.3, -0.25) is 0 Å². The fraction of sp³-hybridized carbons (Fsp3) is 0.267. The Morgan fingerprint density at radius 3 is 2.38 bits per heavy atom. The molecule has 0 amide bonds. The van der Waals surface area contributed by atoms with Crippen LogP contribution in [0.2, 0.25) is 0 Å². The SMILES string of the molecule is COC(=O)C(C)Oc1ccc(N(C)c2ncccn2)cc1. The van der Waals surface area contributed by atoms with Crippen LogP contribution in [0.5, 0.6) is 5.75 Å². The van der Waals surface area contributed by atoms with Gasteiger partial charge in [0.1, 0.15) is 5.75 Å². The number of ether oxygens (including phenoxy) is 2. The molecule has 0 radical (unpaired) electrons. The van der Waals surface area contributed by atoms with Gasteiger partial charge in [0.25, 0.3) is 0 Å².